The van der Waals surface area contributed by atoms with E-state index in [1.165, 1.54) is 66.8 Å². The van der Waals surface area contributed by atoms with Crippen LogP contribution >= 0.6 is 0 Å². The molecular weight excluding hydrogens is 372 g/mol. The minimum Gasteiger partial charge on any atom is -0.0622 e. The molecular formula is C31H20. The Hall–Kier alpha value is -3.90. The topological polar surface area (TPSA) is 0 Å². The average molecular weight is 393 g/mol. The molecule has 0 heteroatoms. The van der Waals surface area contributed by atoms with Crippen LogP contribution in [-0.2, 0) is 6.42 Å². The first-order valence-corrected chi connectivity index (χ1v) is 10.9. The summed E-state index contributed by atoms with van der Waals surface area (Å²) in [4.78, 5) is 0. The number of hydrogen-bond donors (Lipinski definition) is 0. The van der Waals surface area contributed by atoms with Crippen molar-refractivity contribution in [1.82, 2.24) is 0 Å². The molecule has 0 radical (unpaired) electrons. The fraction of sp³-hybridized carbons (Fsp3) is 0.0323. The van der Waals surface area contributed by atoms with E-state index in [1.807, 2.05) is 0 Å². The van der Waals surface area contributed by atoms with E-state index in [9.17, 15) is 0 Å². The lowest BCUT2D eigenvalue weighted by Gasteiger charge is -2.12. The Morgan fingerprint density at radius 2 is 0.935 bits per heavy atom. The molecule has 0 saturated carbocycles. The van der Waals surface area contributed by atoms with Crippen LogP contribution in [0, 0.1) is 0 Å². The zero-order chi connectivity index (χ0) is 20.4. The highest BCUT2D eigenvalue weighted by molar-refractivity contribution is 6.35. The Morgan fingerprint density at radius 3 is 1.61 bits per heavy atom. The predicted octanol–water partition coefficient (Wildman–Crippen LogP) is 7.52. The van der Waals surface area contributed by atoms with Gasteiger partial charge in [0.05, 0.1) is 0 Å². The van der Waals surface area contributed by atoms with Crippen LogP contribution in [-0.4, -0.2) is 0 Å². The van der Waals surface area contributed by atoms with Gasteiger partial charge in [-0.05, 0) is 73.2 Å². The number of fused-ring (bicyclic) bond motifs is 6. The van der Waals surface area contributed by atoms with Crippen LogP contribution in [0.15, 0.2) is 109 Å². The lowest BCUT2D eigenvalue weighted by Crippen LogP contribution is -1.93. The van der Waals surface area contributed by atoms with Gasteiger partial charge in [-0.25, -0.2) is 0 Å². The molecule has 0 aromatic heterocycles. The summed E-state index contributed by atoms with van der Waals surface area (Å²) < 4.78 is 0. The van der Waals surface area contributed by atoms with E-state index in [0.717, 1.165) is 6.42 Å². The molecule has 0 heterocycles. The summed E-state index contributed by atoms with van der Waals surface area (Å²) in [5.74, 6) is 0. The second kappa shape index (κ2) is 6.30. The molecule has 0 aliphatic heterocycles. The smallest absolute Gasteiger partial charge is 0.000775 e. The Labute approximate surface area is 182 Å². The minimum atomic E-state index is 0.999. The van der Waals surface area contributed by atoms with Gasteiger partial charge >= 0.3 is 0 Å². The lowest BCUT2D eigenvalue weighted by molar-refractivity contribution is 1.25. The summed E-state index contributed by atoms with van der Waals surface area (Å²) in [6.07, 6.45) is 3.40. The Kier molecular flexibility index (Phi) is 3.42. The molecule has 0 atom stereocenters. The Bertz CT molecular complexity index is 1480. The van der Waals surface area contributed by atoms with Crippen molar-refractivity contribution in [1.29, 1.82) is 0 Å². The maximum atomic E-state index is 2.40. The van der Waals surface area contributed by atoms with Crippen molar-refractivity contribution in [2.45, 2.75) is 6.42 Å². The quantitative estimate of drug-likeness (QED) is 0.331. The number of benzene rings is 4. The van der Waals surface area contributed by atoms with Crippen LogP contribution in [0.3, 0.4) is 0 Å². The maximum Gasteiger partial charge on any atom is -0.000775 e. The SMILES string of the molecule is C1=C(C2=C3C(=C(c4ccccc4)c4ccccc43)c3ccccc32)Cc2ccccc21. The highest BCUT2D eigenvalue weighted by atomic mass is 14.4. The monoisotopic (exact) mass is 392 g/mol. The van der Waals surface area contributed by atoms with Crippen molar-refractivity contribution in [3.8, 4) is 0 Å². The van der Waals surface area contributed by atoms with Crippen LogP contribution in [0.5, 0.6) is 0 Å². The van der Waals surface area contributed by atoms with Crippen LogP contribution in [0.4, 0.5) is 0 Å². The van der Waals surface area contributed by atoms with Crippen LogP contribution in [0.2, 0.25) is 0 Å². The van der Waals surface area contributed by atoms with Crippen molar-refractivity contribution in [2.75, 3.05) is 0 Å². The minimum absolute atomic E-state index is 0.999. The lowest BCUT2D eigenvalue weighted by atomic mass is 9.91. The van der Waals surface area contributed by atoms with Gasteiger partial charge in [0.2, 0.25) is 0 Å². The number of hydrogen-bond acceptors (Lipinski definition) is 0. The Balaban J connectivity index is 1.58. The molecule has 0 nitrogen and oxygen atoms in total. The first-order chi connectivity index (χ1) is 15.4. The third kappa shape index (κ3) is 2.30. The van der Waals surface area contributed by atoms with Gasteiger partial charge < -0.3 is 0 Å². The average Bonchev–Trinajstić information content (AvgIpc) is 3.49. The molecule has 0 saturated heterocycles. The highest BCUT2D eigenvalue weighted by Gasteiger charge is 2.38. The summed E-state index contributed by atoms with van der Waals surface area (Å²) in [5.41, 5.74) is 16.5. The van der Waals surface area contributed by atoms with E-state index in [2.05, 4.69) is 109 Å². The van der Waals surface area contributed by atoms with Gasteiger partial charge in [-0.3, -0.25) is 0 Å². The molecule has 0 spiro atoms. The molecule has 3 aliphatic carbocycles. The summed E-state index contributed by atoms with van der Waals surface area (Å²) >= 11 is 0. The number of allylic oxidation sites excluding steroid dienone is 4. The van der Waals surface area contributed by atoms with Gasteiger partial charge in [-0.1, -0.05) is 109 Å². The van der Waals surface area contributed by atoms with Gasteiger partial charge in [-0.2, -0.15) is 0 Å². The fourth-order valence-corrected chi connectivity index (χ4v) is 5.57. The van der Waals surface area contributed by atoms with Crippen molar-refractivity contribution >= 4 is 28.4 Å². The second-order valence-corrected chi connectivity index (χ2v) is 8.50. The summed E-state index contributed by atoms with van der Waals surface area (Å²) in [5, 5.41) is 0. The van der Waals surface area contributed by atoms with Crippen molar-refractivity contribution in [2.24, 2.45) is 0 Å². The van der Waals surface area contributed by atoms with Crippen molar-refractivity contribution < 1.29 is 0 Å². The highest BCUT2D eigenvalue weighted by Crippen LogP contribution is 2.59. The molecule has 0 fully saturated rings. The van der Waals surface area contributed by atoms with E-state index in [1.54, 1.807) is 0 Å². The van der Waals surface area contributed by atoms with Gasteiger partial charge in [0, 0.05) is 0 Å². The first-order valence-electron chi connectivity index (χ1n) is 10.9. The fourth-order valence-electron chi connectivity index (χ4n) is 5.57. The molecule has 3 aliphatic rings. The molecule has 0 bridgehead atoms. The third-order valence-electron chi connectivity index (χ3n) is 6.83. The van der Waals surface area contributed by atoms with Crippen LogP contribution in [0.1, 0.15) is 38.9 Å². The standard InChI is InChI=1S/C31H20/c1-2-10-20(11-3-1)28-24-14-6-8-16-26(24)31-29(25-15-7-9-17-27(25)30(28)31)23-18-21-12-4-5-13-22(21)19-23/h1-18H,19H2. The summed E-state index contributed by atoms with van der Waals surface area (Å²) in [6, 6.07) is 37.6. The van der Waals surface area contributed by atoms with Crippen molar-refractivity contribution in [3.63, 3.8) is 0 Å². The first kappa shape index (κ1) is 16.8. The Morgan fingerprint density at radius 1 is 0.419 bits per heavy atom. The molecule has 4 aromatic rings. The van der Waals surface area contributed by atoms with Gasteiger partial charge in [-0.15, -0.1) is 0 Å². The van der Waals surface area contributed by atoms with E-state index in [-0.39, 0.29) is 0 Å². The van der Waals surface area contributed by atoms with Gasteiger partial charge in [0.15, 0.2) is 0 Å². The molecule has 144 valence electrons. The molecule has 7 rings (SSSR count). The second-order valence-electron chi connectivity index (χ2n) is 8.50. The van der Waals surface area contributed by atoms with Crippen LogP contribution < -0.4 is 0 Å². The van der Waals surface area contributed by atoms with E-state index in [0.29, 0.717) is 0 Å². The van der Waals surface area contributed by atoms with Crippen molar-refractivity contribution in [3.05, 3.63) is 148 Å². The zero-order valence-corrected chi connectivity index (χ0v) is 17.1. The molecule has 0 unspecified atom stereocenters. The predicted molar refractivity (Wildman–Crippen MR) is 130 cm³/mol. The maximum absolute atomic E-state index is 2.40. The summed E-state index contributed by atoms with van der Waals surface area (Å²) in [6.45, 7) is 0. The number of rotatable bonds is 2. The van der Waals surface area contributed by atoms with E-state index in [4.69, 9.17) is 0 Å². The normalized spacial score (nSPS) is 15.5. The van der Waals surface area contributed by atoms with Gasteiger partial charge in [0.25, 0.3) is 0 Å². The van der Waals surface area contributed by atoms with E-state index < -0.39 is 0 Å². The largest absolute Gasteiger partial charge is 0.0622 e. The molecule has 4 aromatic carbocycles. The molecule has 31 heavy (non-hydrogen) atoms. The zero-order valence-electron chi connectivity index (χ0n) is 17.1. The van der Waals surface area contributed by atoms with E-state index >= 15 is 0 Å². The van der Waals surface area contributed by atoms with Crippen LogP contribution in [0.25, 0.3) is 28.4 Å². The summed E-state index contributed by atoms with van der Waals surface area (Å²) in [7, 11) is 0. The third-order valence-corrected chi connectivity index (χ3v) is 6.83. The van der Waals surface area contributed by atoms with Gasteiger partial charge in [0.1, 0.15) is 0 Å². The molecule has 0 N–H and O–H groups in total. The molecule has 0 amide bonds.